The number of halogens is 2. The van der Waals surface area contributed by atoms with Crippen molar-refractivity contribution in [2.75, 3.05) is 0 Å². The maximum atomic E-state index is 13.6. The van der Waals surface area contributed by atoms with Crippen LogP contribution in [0.15, 0.2) is 18.2 Å². The van der Waals surface area contributed by atoms with Gasteiger partial charge >= 0.3 is 0 Å². The summed E-state index contributed by atoms with van der Waals surface area (Å²) in [5.41, 5.74) is 0.253. The number of hydrogen-bond acceptors (Lipinski definition) is 5. The highest BCUT2D eigenvalue weighted by Gasteiger charge is 2.32. The molecule has 0 aliphatic heterocycles. The van der Waals surface area contributed by atoms with E-state index in [1.165, 1.54) is 12.1 Å². The molecule has 1 aliphatic rings. The molecule has 0 saturated heterocycles. The minimum atomic E-state index is -0.877. The highest BCUT2D eigenvalue weighted by atomic mass is 35.5. The van der Waals surface area contributed by atoms with E-state index in [4.69, 9.17) is 11.6 Å². The van der Waals surface area contributed by atoms with Gasteiger partial charge < -0.3 is 0 Å². The Kier molecular flexibility index (Phi) is 3.69. The molecule has 0 radical (unpaired) electrons. The van der Waals surface area contributed by atoms with Crippen molar-refractivity contribution in [1.29, 1.82) is 0 Å². The van der Waals surface area contributed by atoms with Gasteiger partial charge in [-0.15, -0.1) is 5.10 Å². The predicted molar refractivity (Wildman–Crippen MR) is 75.1 cm³/mol. The summed E-state index contributed by atoms with van der Waals surface area (Å²) in [6, 6.07) is 3.87. The third kappa shape index (κ3) is 2.79. The fraction of sp³-hybridized carbons (Fsp3) is 0.231. The number of aromatic nitrogens is 2. The lowest BCUT2D eigenvalue weighted by molar-refractivity contribution is 0.0849. The Morgan fingerprint density at radius 3 is 2.76 bits per heavy atom. The van der Waals surface area contributed by atoms with Crippen LogP contribution < -0.4 is 5.32 Å². The molecule has 1 heterocycles. The van der Waals surface area contributed by atoms with Crippen LogP contribution in [0, 0.1) is 5.82 Å². The predicted octanol–water partition coefficient (Wildman–Crippen LogP) is 2.78. The Labute approximate surface area is 128 Å². The Balaban J connectivity index is 1.81. The Morgan fingerprint density at radius 1 is 1.33 bits per heavy atom. The van der Waals surface area contributed by atoms with Gasteiger partial charge in [-0.3, -0.25) is 14.9 Å². The van der Waals surface area contributed by atoms with Gasteiger partial charge in [0.25, 0.3) is 11.8 Å². The lowest BCUT2D eigenvalue weighted by Gasteiger charge is -2.06. The lowest BCUT2D eigenvalue weighted by atomic mass is 10.2. The van der Waals surface area contributed by atoms with E-state index in [1.54, 1.807) is 0 Å². The average molecular weight is 326 g/mol. The van der Waals surface area contributed by atoms with Crippen LogP contribution in [0.1, 0.15) is 44.5 Å². The molecule has 5 nitrogen and oxygen atoms in total. The average Bonchev–Trinajstić information content (AvgIpc) is 3.15. The summed E-state index contributed by atoms with van der Waals surface area (Å²) >= 11 is 6.71. The molecule has 0 spiro atoms. The standard InChI is InChI=1S/C13H9ClFN3O2S/c14-7-2-1-3-8(15)9(7)12(19)16-13(20)11-10(6-4-5-6)17-18-21-11/h1-3,6H,4-5H2,(H,16,19,20). The first kappa shape index (κ1) is 14.1. The molecule has 21 heavy (non-hydrogen) atoms. The third-order valence-corrected chi connectivity index (χ3v) is 4.16. The number of imide groups is 1. The van der Waals surface area contributed by atoms with Gasteiger partial charge in [0, 0.05) is 5.92 Å². The molecule has 0 bridgehead atoms. The molecule has 0 unspecified atom stereocenters. The molecule has 1 fully saturated rings. The maximum absolute atomic E-state index is 13.6. The summed E-state index contributed by atoms with van der Waals surface area (Å²) in [5.74, 6) is -2.05. The number of nitrogens with zero attached hydrogens (tertiary/aromatic N) is 2. The number of carbonyl (C=O) groups is 2. The van der Waals surface area contributed by atoms with Crippen LogP contribution in [0.4, 0.5) is 4.39 Å². The molecular weight excluding hydrogens is 317 g/mol. The highest BCUT2D eigenvalue weighted by molar-refractivity contribution is 7.08. The first-order valence-corrected chi connectivity index (χ1v) is 7.35. The van der Waals surface area contributed by atoms with E-state index in [-0.39, 0.29) is 16.5 Å². The van der Waals surface area contributed by atoms with Crippen LogP contribution in [0.2, 0.25) is 5.02 Å². The van der Waals surface area contributed by atoms with Gasteiger partial charge in [-0.25, -0.2) is 4.39 Å². The van der Waals surface area contributed by atoms with E-state index >= 15 is 0 Å². The van der Waals surface area contributed by atoms with Crippen molar-refractivity contribution in [3.8, 4) is 0 Å². The first-order valence-electron chi connectivity index (χ1n) is 6.20. The van der Waals surface area contributed by atoms with Gasteiger partial charge in [-0.2, -0.15) is 0 Å². The number of nitrogens with one attached hydrogen (secondary N) is 1. The van der Waals surface area contributed by atoms with Crippen molar-refractivity contribution >= 4 is 34.9 Å². The van der Waals surface area contributed by atoms with E-state index in [1.807, 2.05) is 0 Å². The number of carbonyl (C=O) groups excluding carboxylic acids is 2. The molecule has 2 amide bonds. The summed E-state index contributed by atoms with van der Waals surface area (Å²) in [5, 5.41) is 5.99. The topological polar surface area (TPSA) is 72.0 Å². The minimum absolute atomic E-state index is 0.0508. The number of hydrogen-bond donors (Lipinski definition) is 1. The monoisotopic (exact) mass is 325 g/mol. The third-order valence-electron chi connectivity index (χ3n) is 3.10. The van der Waals surface area contributed by atoms with Crippen molar-refractivity contribution in [3.05, 3.63) is 45.2 Å². The van der Waals surface area contributed by atoms with Gasteiger partial charge in [-0.1, -0.05) is 22.2 Å². The van der Waals surface area contributed by atoms with E-state index in [9.17, 15) is 14.0 Å². The highest BCUT2D eigenvalue weighted by Crippen LogP contribution is 2.41. The van der Waals surface area contributed by atoms with Gasteiger partial charge in [-0.05, 0) is 36.5 Å². The van der Waals surface area contributed by atoms with Gasteiger partial charge in [0.1, 0.15) is 10.7 Å². The molecule has 3 rings (SSSR count). The fourth-order valence-electron chi connectivity index (χ4n) is 1.92. The first-order chi connectivity index (χ1) is 10.1. The Bertz CT molecular complexity index is 710. The van der Waals surface area contributed by atoms with Crippen LogP contribution in [0.3, 0.4) is 0 Å². The molecule has 1 saturated carbocycles. The van der Waals surface area contributed by atoms with E-state index < -0.39 is 17.6 Å². The molecular formula is C13H9ClFN3O2S. The van der Waals surface area contributed by atoms with Crippen LogP contribution in [-0.4, -0.2) is 21.4 Å². The summed E-state index contributed by atoms with van der Waals surface area (Å²) in [7, 11) is 0. The van der Waals surface area contributed by atoms with Crippen molar-refractivity contribution in [2.45, 2.75) is 18.8 Å². The second kappa shape index (κ2) is 5.50. The summed E-state index contributed by atoms with van der Waals surface area (Å²) in [6.45, 7) is 0. The smallest absolute Gasteiger partial charge is 0.271 e. The molecule has 1 aromatic heterocycles. The largest absolute Gasteiger partial charge is 0.287 e. The minimum Gasteiger partial charge on any atom is -0.287 e. The number of amides is 2. The quantitative estimate of drug-likeness (QED) is 0.881. The van der Waals surface area contributed by atoms with Crippen LogP contribution >= 0.6 is 23.1 Å². The fourth-order valence-corrected chi connectivity index (χ4v) is 2.81. The van der Waals surface area contributed by atoms with Crippen LogP contribution in [0.25, 0.3) is 0 Å². The van der Waals surface area contributed by atoms with E-state index in [2.05, 4.69) is 14.9 Å². The van der Waals surface area contributed by atoms with Gasteiger partial charge in [0.2, 0.25) is 0 Å². The molecule has 108 valence electrons. The molecule has 1 aromatic carbocycles. The molecule has 1 N–H and O–H groups in total. The zero-order valence-corrected chi connectivity index (χ0v) is 12.2. The van der Waals surface area contributed by atoms with Gasteiger partial charge in [0.15, 0.2) is 0 Å². The van der Waals surface area contributed by atoms with Crippen LogP contribution in [0.5, 0.6) is 0 Å². The van der Waals surface area contributed by atoms with Crippen molar-refractivity contribution in [1.82, 2.24) is 14.9 Å². The molecule has 8 heteroatoms. The molecule has 1 aliphatic carbocycles. The summed E-state index contributed by atoms with van der Waals surface area (Å²) in [6.07, 6.45) is 1.91. The summed E-state index contributed by atoms with van der Waals surface area (Å²) < 4.78 is 17.4. The van der Waals surface area contributed by atoms with Gasteiger partial charge in [0.05, 0.1) is 16.3 Å². The normalized spacial score (nSPS) is 14.0. The number of benzene rings is 1. The molecule has 0 atom stereocenters. The zero-order valence-electron chi connectivity index (χ0n) is 10.6. The zero-order chi connectivity index (χ0) is 15.0. The SMILES string of the molecule is O=C(NC(=O)c1c(F)cccc1Cl)c1snnc1C1CC1. The number of rotatable bonds is 3. The second-order valence-corrected chi connectivity index (χ2v) is 5.80. The second-order valence-electron chi connectivity index (χ2n) is 4.64. The van der Waals surface area contributed by atoms with Crippen LogP contribution in [-0.2, 0) is 0 Å². The van der Waals surface area contributed by atoms with Crippen molar-refractivity contribution in [3.63, 3.8) is 0 Å². The Morgan fingerprint density at radius 2 is 2.10 bits per heavy atom. The van der Waals surface area contributed by atoms with Crippen molar-refractivity contribution in [2.24, 2.45) is 0 Å². The summed E-state index contributed by atoms with van der Waals surface area (Å²) in [4.78, 5) is 24.4. The van der Waals surface area contributed by atoms with E-state index in [0.29, 0.717) is 10.6 Å². The van der Waals surface area contributed by atoms with E-state index in [0.717, 1.165) is 30.4 Å². The van der Waals surface area contributed by atoms with Crippen molar-refractivity contribution < 1.29 is 14.0 Å². The molecule has 2 aromatic rings. The Hall–Kier alpha value is -1.86. The maximum Gasteiger partial charge on any atom is 0.271 e. The lowest BCUT2D eigenvalue weighted by Crippen LogP contribution is -2.31.